The number of ether oxygens (including phenoxy) is 1. The predicted octanol–water partition coefficient (Wildman–Crippen LogP) is 2.32. The molecule has 2 rings (SSSR count). The second-order valence-electron chi connectivity index (χ2n) is 5.05. The van der Waals surface area contributed by atoms with Gasteiger partial charge in [0.2, 0.25) is 0 Å². The number of hydrogen-bond donors (Lipinski definition) is 0. The molecule has 0 spiro atoms. The van der Waals surface area contributed by atoms with E-state index in [4.69, 9.17) is 4.74 Å². The Morgan fingerprint density at radius 2 is 2.06 bits per heavy atom. The summed E-state index contributed by atoms with van der Waals surface area (Å²) in [6.07, 6.45) is 7.69. The number of rotatable bonds is 1. The molecule has 0 saturated carbocycles. The number of fused-ring (bicyclic) bond motifs is 1. The summed E-state index contributed by atoms with van der Waals surface area (Å²) in [4.78, 5) is 20.5. The van der Waals surface area contributed by atoms with Gasteiger partial charge in [0.25, 0.3) is 0 Å². The fraction of sp³-hybridized carbons (Fsp3) is 0.462. The molecular formula is C13H16N2O2. The highest BCUT2D eigenvalue weighted by Crippen LogP contribution is 2.28. The van der Waals surface area contributed by atoms with E-state index in [1.807, 2.05) is 32.9 Å². The topological polar surface area (TPSA) is 52.1 Å². The molecule has 1 aliphatic rings. The van der Waals surface area contributed by atoms with Gasteiger partial charge in [0.15, 0.2) is 0 Å². The van der Waals surface area contributed by atoms with Gasteiger partial charge in [-0.15, -0.1) is 0 Å². The number of carbonyl (C=O) groups excluding carboxylic acids is 1. The Hall–Kier alpha value is -1.71. The molecule has 0 aliphatic heterocycles. The fourth-order valence-electron chi connectivity index (χ4n) is 1.76. The summed E-state index contributed by atoms with van der Waals surface area (Å²) in [5.74, 6) is -0.563. The van der Waals surface area contributed by atoms with Gasteiger partial charge in [-0.05, 0) is 33.3 Å². The van der Waals surface area contributed by atoms with Gasteiger partial charge >= 0.3 is 5.97 Å². The van der Waals surface area contributed by atoms with Gasteiger partial charge in [0, 0.05) is 12.4 Å². The highest BCUT2D eigenvalue weighted by molar-refractivity contribution is 5.80. The van der Waals surface area contributed by atoms with Crippen LogP contribution in [-0.4, -0.2) is 21.5 Å². The molecule has 0 amide bonds. The average molecular weight is 232 g/mol. The van der Waals surface area contributed by atoms with Gasteiger partial charge in [0.05, 0.1) is 11.4 Å². The number of allylic oxidation sites excluding steroid dienone is 1. The number of hydrogen-bond acceptors (Lipinski definition) is 4. The van der Waals surface area contributed by atoms with Gasteiger partial charge < -0.3 is 4.74 Å². The molecule has 1 unspecified atom stereocenters. The van der Waals surface area contributed by atoms with Gasteiger partial charge in [0.1, 0.15) is 11.5 Å². The lowest BCUT2D eigenvalue weighted by molar-refractivity contribution is -0.156. The molecule has 4 nitrogen and oxygen atoms in total. The highest BCUT2D eigenvalue weighted by Gasteiger charge is 2.30. The zero-order valence-electron chi connectivity index (χ0n) is 10.3. The van der Waals surface area contributed by atoms with Gasteiger partial charge in [-0.25, -0.2) is 0 Å². The van der Waals surface area contributed by atoms with E-state index in [0.29, 0.717) is 12.1 Å². The Kier molecular flexibility index (Phi) is 2.96. The van der Waals surface area contributed by atoms with E-state index >= 15 is 0 Å². The third kappa shape index (κ3) is 2.70. The summed E-state index contributed by atoms with van der Waals surface area (Å²) in [6.45, 7) is 5.59. The lowest BCUT2D eigenvalue weighted by Crippen LogP contribution is -2.29. The normalized spacial score (nSPS) is 18.6. The Labute approximate surface area is 101 Å². The van der Waals surface area contributed by atoms with Crippen LogP contribution < -0.4 is 0 Å². The third-order valence-corrected chi connectivity index (χ3v) is 2.43. The van der Waals surface area contributed by atoms with E-state index < -0.39 is 5.60 Å². The van der Waals surface area contributed by atoms with E-state index in [1.54, 1.807) is 12.4 Å². The molecule has 1 aromatic heterocycles. The van der Waals surface area contributed by atoms with Crippen LogP contribution in [0.3, 0.4) is 0 Å². The third-order valence-electron chi connectivity index (χ3n) is 2.43. The second-order valence-corrected chi connectivity index (χ2v) is 5.05. The molecule has 17 heavy (non-hydrogen) atoms. The Morgan fingerprint density at radius 1 is 1.35 bits per heavy atom. The fourth-order valence-corrected chi connectivity index (χ4v) is 1.76. The van der Waals surface area contributed by atoms with Gasteiger partial charge in [-0.1, -0.05) is 6.08 Å². The first-order chi connectivity index (χ1) is 7.97. The molecule has 90 valence electrons. The van der Waals surface area contributed by atoms with Crippen LogP contribution in [0, 0.1) is 0 Å². The van der Waals surface area contributed by atoms with Crippen molar-refractivity contribution in [3.63, 3.8) is 0 Å². The zero-order valence-corrected chi connectivity index (χ0v) is 10.3. The van der Waals surface area contributed by atoms with E-state index in [9.17, 15) is 4.79 Å². The van der Waals surface area contributed by atoms with E-state index in [1.165, 1.54) is 0 Å². The summed E-state index contributed by atoms with van der Waals surface area (Å²) in [6, 6.07) is 0. The lowest BCUT2D eigenvalue weighted by Gasteiger charge is -2.24. The van der Waals surface area contributed by atoms with Crippen LogP contribution in [0.15, 0.2) is 18.5 Å². The minimum Gasteiger partial charge on any atom is -0.459 e. The zero-order chi connectivity index (χ0) is 12.5. The van der Waals surface area contributed by atoms with Crippen molar-refractivity contribution in [2.24, 2.45) is 0 Å². The van der Waals surface area contributed by atoms with Crippen molar-refractivity contribution < 1.29 is 9.53 Å². The van der Waals surface area contributed by atoms with Crippen molar-refractivity contribution in [2.75, 3.05) is 0 Å². The molecule has 0 aromatic carbocycles. The molecule has 0 fully saturated rings. The monoisotopic (exact) mass is 232 g/mol. The first-order valence-corrected chi connectivity index (χ1v) is 5.68. The molecule has 0 radical (unpaired) electrons. The molecule has 1 aromatic rings. The summed E-state index contributed by atoms with van der Waals surface area (Å²) >= 11 is 0. The van der Waals surface area contributed by atoms with Crippen LogP contribution in [0.2, 0.25) is 0 Å². The number of nitrogens with zero attached hydrogens (tertiary/aromatic N) is 2. The molecule has 1 aliphatic carbocycles. The van der Waals surface area contributed by atoms with Crippen molar-refractivity contribution >= 4 is 12.0 Å². The average Bonchev–Trinajstić information content (AvgIpc) is 2.26. The van der Waals surface area contributed by atoms with Crippen molar-refractivity contribution in [3.05, 3.63) is 29.9 Å². The van der Waals surface area contributed by atoms with Crippen molar-refractivity contribution in [3.8, 4) is 0 Å². The minimum absolute atomic E-state index is 0.233. The summed E-state index contributed by atoms with van der Waals surface area (Å²) in [7, 11) is 0. The lowest BCUT2D eigenvalue weighted by atomic mass is 9.94. The van der Waals surface area contributed by atoms with Crippen molar-refractivity contribution in [1.29, 1.82) is 0 Å². The quantitative estimate of drug-likeness (QED) is 0.697. The molecule has 4 heteroatoms. The smallest absolute Gasteiger partial charge is 0.315 e. The molecule has 0 bridgehead atoms. The van der Waals surface area contributed by atoms with E-state index in [2.05, 4.69) is 9.97 Å². The summed E-state index contributed by atoms with van der Waals surface area (Å²) < 4.78 is 5.39. The molecular weight excluding hydrogens is 216 g/mol. The van der Waals surface area contributed by atoms with E-state index in [-0.39, 0.29) is 11.9 Å². The van der Waals surface area contributed by atoms with Gasteiger partial charge in [-0.2, -0.15) is 0 Å². The van der Waals surface area contributed by atoms with Crippen molar-refractivity contribution in [2.45, 2.75) is 38.7 Å². The van der Waals surface area contributed by atoms with Gasteiger partial charge in [-0.3, -0.25) is 14.8 Å². The molecule has 1 heterocycles. The maximum atomic E-state index is 12.1. The maximum absolute atomic E-state index is 12.1. The maximum Gasteiger partial charge on any atom is 0.315 e. The van der Waals surface area contributed by atoms with Crippen LogP contribution in [0.4, 0.5) is 0 Å². The largest absolute Gasteiger partial charge is 0.459 e. The number of aromatic nitrogens is 2. The van der Waals surface area contributed by atoms with Crippen LogP contribution >= 0.6 is 0 Å². The SMILES string of the molecule is CC(C)(C)OC(=O)C1CC=Cc2nccnc21. The standard InChI is InChI=1S/C13H16N2O2/c1-13(2,3)17-12(16)9-5-4-6-10-11(9)15-8-7-14-10/h4,6-9H,5H2,1-3H3. The minimum atomic E-state index is -0.472. The van der Waals surface area contributed by atoms with Crippen LogP contribution in [0.1, 0.15) is 44.5 Å². The Bertz CT molecular complexity index is 461. The van der Waals surface area contributed by atoms with Crippen LogP contribution in [0.25, 0.3) is 6.08 Å². The number of esters is 1. The second kappa shape index (κ2) is 4.28. The predicted molar refractivity (Wildman–Crippen MR) is 64.3 cm³/mol. The Morgan fingerprint density at radius 3 is 2.76 bits per heavy atom. The van der Waals surface area contributed by atoms with Crippen molar-refractivity contribution in [1.82, 2.24) is 9.97 Å². The van der Waals surface area contributed by atoms with Crippen LogP contribution in [-0.2, 0) is 9.53 Å². The summed E-state index contributed by atoms with van der Waals surface area (Å²) in [5.41, 5.74) is 1.000. The molecule has 1 atom stereocenters. The molecule has 0 saturated heterocycles. The first-order valence-electron chi connectivity index (χ1n) is 5.68. The summed E-state index contributed by atoms with van der Waals surface area (Å²) in [5, 5.41) is 0. The van der Waals surface area contributed by atoms with E-state index in [0.717, 1.165) is 5.69 Å². The molecule has 0 N–H and O–H groups in total. The first kappa shape index (κ1) is 11.8. The number of carbonyl (C=O) groups is 1. The Balaban J connectivity index is 2.24. The van der Waals surface area contributed by atoms with Crippen LogP contribution in [0.5, 0.6) is 0 Å². The highest BCUT2D eigenvalue weighted by atomic mass is 16.6.